The number of aliphatic hydroxyl groups excluding tert-OH is 1. The average molecular weight is 494 g/mol. The zero-order valence-electron chi connectivity index (χ0n) is 21.1. The highest BCUT2D eigenvalue weighted by atomic mass is 19.1. The predicted molar refractivity (Wildman–Crippen MR) is 137 cm³/mol. The highest BCUT2D eigenvalue weighted by molar-refractivity contribution is 5.85. The van der Waals surface area contributed by atoms with E-state index < -0.39 is 17.5 Å². The van der Waals surface area contributed by atoms with Gasteiger partial charge in [-0.3, -0.25) is 4.79 Å². The second kappa shape index (κ2) is 11.5. The predicted octanol–water partition coefficient (Wildman–Crippen LogP) is 4.38. The van der Waals surface area contributed by atoms with Crippen molar-refractivity contribution in [3.63, 3.8) is 0 Å². The molecular weight excluding hydrogens is 459 g/mol. The van der Waals surface area contributed by atoms with Crippen LogP contribution in [0.1, 0.15) is 30.0 Å². The highest BCUT2D eigenvalue weighted by Crippen LogP contribution is 2.33. The fraction of sp³-hybridized carbons (Fsp3) is 0.379. The summed E-state index contributed by atoms with van der Waals surface area (Å²) in [4.78, 5) is 11.4. The number of aliphatic carboxylic acids is 1. The zero-order chi connectivity index (χ0) is 26.3. The van der Waals surface area contributed by atoms with E-state index in [1.54, 1.807) is 24.3 Å². The zero-order valence-corrected chi connectivity index (χ0v) is 21.1. The molecular formula is C29H34FN2O4+. The summed E-state index contributed by atoms with van der Waals surface area (Å²) in [6.07, 6.45) is 5.60. The number of hydrogen-bond donors (Lipinski definition) is 2. The van der Waals surface area contributed by atoms with Crippen molar-refractivity contribution in [2.75, 3.05) is 33.8 Å². The lowest BCUT2D eigenvalue weighted by Crippen LogP contribution is -2.48. The summed E-state index contributed by atoms with van der Waals surface area (Å²) < 4.78 is 20.5. The van der Waals surface area contributed by atoms with Crippen LogP contribution in [0.5, 0.6) is 5.75 Å². The summed E-state index contributed by atoms with van der Waals surface area (Å²) in [5.41, 5.74) is 1.79. The number of hydrogen-bond acceptors (Lipinski definition) is 4. The first-order chi connectivity index (χ1) is 17.1. The number of carbonyl (C=O) groups is 1. The van der Waals surface area contributed by atoms with Crippen LogP contribution in [0.2, 0.25) is 0 Å². The maximum absolute atomic E-state index is 14.1. The second-order valence-corrected chi connectivity index (χ2v) is 9.95. The number of nitriles is 1. The first-order valence-electron chi connectivity index (χ1n) is 12.1. The lowest BCUT2D eigenvalue weighted by atomic mass is 9.80. The van der Waals surface area contributed by atoms with Gasteiger partial charge in [0.25, 0.3) is 0 Å². The topological polar surface area (TPSA) is 90.5 Å². The molecule has 0 saturated heterocycles. The number of rotatable bonds is 11. The molecule has 0 aliphatic heterocycles. The Bertz CT molecular complexity index is 1200. The molecule has 2 N–H and O–H groups in total. The second-order valence-electron chi connectivity index (χ2n) is 9.95. The number of aryl methyl sites for hydroxylation is 1. The third kappa shape index (κ3) is 6.81. The van der Waals surface area contributed by atoms with Crippen LogP contribution in [0.4, 0.5) is 4.39 Å². The van der Waals surface area contributed by atoms with Gasteiger partial charge in [-0.2, -0.15) is 5.26 Å². The molecule has 2 aromatic carbocycles. The Morgan fingerprint density at radius 2 is 2.06 bits per heavy atom. The fourth-order valence-electron chi connectivity index (χ4n) is 4.28. The minimum atomic E-state index is -1.53. The van der Waals surface area contributed by atoms with Gasteiger partial charge in [0.05, 0.1) is 26.7 Å². The van der Waals surface area contributed by atoms with Crippen LogP contribution in [-0.2, 0) is 17.6 Å². The molecule has 0 saturated carbocycles. The summed E-state index contributed by atoms with van der Waals surface area (Å²) in [5.74, 6) is -0.736. The van der Waals surface area contributed by atoms with Crippen molar-refractivity contribution in [1.82, 2.24) is 0 Å². The molecule has 0 amide bonds. The van der Waals surface area contributed by atoms with E-state index in [1.807, 2.05) is 57.4 Å². The van der Waals surface area contributed by atoms with E-state index in [1.165, 1.54) is 6.08 Å². The number of ether oxygens (including phenoxy) is 1. The van der Waals surface area contributed by atoms with Gasteiger partial charge in [-0.25, -0.2) is 4.39 Å². The van der Waals surface area contributed by atoms with E-state index in [2.05, 4.69) is 0 Å². The van der Waals surface area contributed by atoms with Gasteiger partial charge < -0.3 is 19.4 Å². The molecule has 36 heavy (non-hydrogen) atoms. The Hall–Kier alpha value is -3.47. The fourth-order valence-corrected chi connectivity index (χ4v) is 4.28. The third-order valence-corrected chi connectivity index (χ3v) is 6.59. The molecule has 1 aliphatic carbocycles. The number of carboxylic acid groups (broad SMARTS) is 1. The van der Waals surface area contributed by atoms with Crippen molar-refractivity contribution < 1.29 is 28.6 Å². The number of aliphatic hydroxyl groups is 1. The largest absolute Gasteiger partial charge is 0.491 e. The molecule has 7 heteroatoms. The number of halogens is 1. The average Bonchev–Trinajstić information content (AvgIpc) is 2.86. The van der Waals surface area contributed by atoms with Crippen molar-refractivity contribution in [3.8, 4) is 11.8 Å². The lowest BCUT2D eigenvalue weighted by Gasteiger charge is -2.32. The van der Waals surface area contributed by atoms with Crippen molar-refractivity contribution in [2.24, 2.45) is 5.41 Å². The standard InChI is InChI=1S/C29H33FN2O4/c1-4-22-9-8-21(16-27(22)30)12-15-32(2,3)18-25(33)19-36-26-7-5-6-24(17-26)23-10-13-29(20-31,14-11-23)28(34)35/h5-11,13,16-17,25,33H,4,12,14-15,18-19H2,1-3H3/p+1/t25-,29?/m1/s1. The Balaban J connectivity index is 1.53. The van der Waals surface area contributed by atoms with Crippen LogP contribution in [0, 0.1) is 22.6 Å². The molecule has 0 spiro atoms. The lowest BCUT2D eigenvalue weighted by molar-refractivity contribution is -0.893. The summed E-state index contributed by atoms with van der Waals surface area (Å²) in [6, 6.07) is 14.6. The molecule has 2 atom stereocenters. The molecule has 0 radical (unpaired) electrons. The highest BCUT2D eigenvalue weighted by Gasteiger charge is 2.36. The first-order valence-corrected chi connectivity index (χ1v) is 12.1. The number of allylic oxidation sites excluding steroid dienone is 3. The number of nitrogens with zero attached hydrogens (tertiary/aromatic N) is 2. The van der Waals surface area contributed by atoms with Gasteiger partial charge in [0.15, 0.2) is 5.41 Å². The molecule has 3 rings (SSSR count). The van der Waals surface area contributed by atoms with E-state index in [0.29, 0.717) is 29.6 Å². The van der Waals surface area contributed by atoms with Gasteiger partial charge in [0.1, 0.15) is 30.8 Å². The van der Waals surface area contributed by atoms with Crippen molar-refractivity contribution in [1.29, 1.82) is 5.26 Å². The van der Waals surface area contributed by atoms with Gasteiger partial charge in [0, 0.05) is 6.42 Å². The molecule has 190 valence electrons. The quantitative estimate of drug-likeness (QED) is 0.453. The van der Waals surface area contributed by atoms with E-state index in [4.69, 9.17) is 4.74 Å². The summed E-state index contributed by atoms with van der Waals surface area (Å²) in [7, 11) is 4.06. The van der Waals surface area contributed by atoms with E-state index in [0.717, 1.165) is 28.8 Å². The molecule has 0 fully saturated rings. The molecule has 0 aromatic heterocycles. The Morgan fingerprint density at radius 3 is 2.67 bits per heavy atom. The van der Waals surface area contributed by atoms with E-state index in [-0.39, 0.29) is 18.8 Å². The third-order valence-electron chi connectivity index (χ3n) is 6.59. The van der Waals surface area contributed by atoms with Gasteiger partial charge in [-0.05, 0) is 53.3 Å². The minimum absolute atomic E-state index is 0.0941. The Labute approximate surface area is 212 Å². The Kier molecular flexibility index (Phi) is 8.67. The smallest absolute Gasteiger partial charge is 0.328 e. The molecule has 0 heterocycles. The van der Waals surface area contributed by atoms with Crippen LogP contribution in [0.15, 0.2) is 60.7 Å². The van der Waals surface area contributed by atoms with Crippen LogP contribution >= 0.6 is 0 Å². The van der Waals surface area contributed by atoms with Crippen molar-refractivity contribution in [3.05, 3.63) is 83.2 Å². The van der Waals surface area contributed by atoms with Crippen molar-refractivity contribution >= 4 is 11.5 Å². The van der Waals surface area contributed by atoms with Gasteiger partial charge in [-0.1, -0.05) is 49.4 Å². The monoisotopic (exact) mass is 493 g/mol. The molecule has 1 unspecified atom stereocenters. The van der Waals surface area contributed by atoms with Gasteiger partial charge in [0.2, 0.25) is 0 Å². The van der Waals surface area contributed by atoms with E-state index in [9.17, 15) is 24.7 Å². The summed E-state index contributed by atoms with van der Waals surface area (Å²) in [5, 5.41) is 29.2. The van der Waals surface area contributed by atoms with Gasteiger partial charge in [-0.15, -0.1) is 0 Å². The normalized spacial score (nSPS) is 18.3. The maximum Gasteiger partial charge on any atom is 0.328 e. The van der Waals surface area contributed by atoms with E-state index >= 15 is 0 Å². The molecule has 0 bridgehead atoms. The summed E-state index contributed by atoms with van der Waals surface area (Å²) in [6.45, 7) is 3.28. The van der Waals surface area contributed by atoms with Crippen molar-refractivity contribution in [2.45, 2.75) is 32.3 Å². The minimum Gasteiger partial charge on any atom is -0.491 e. The Morgan fingerprint density at radius 1 is 1.28 bits per heavy atom. The number of likely N-dealkylation sites (N-methyl/N-ethyl adjacent to an activating group) is 1. The number of benzene rings is 2. The molecule has 1 aliphatic rings. The first kappa shape index (κ1) is 27.1. The van der Waals surface area contributed by atoms with Crippen LogP contribution in [0.3, 0.4) is 0 Å². The number of carboxylic acids is 1. The molecule has 2 aromatic rings. The summed E-state index contributed by atoms with van der Waals surface area (Å²) >= 11 is 0. The van der Waals surface area contributed by atoms with Gasteiger partial charge >= 0.3 is 5.97 Å². The SMILES string of the molecule is CCc1ccc(CC[N+](C)(C)C[C@@H](O)COc2cccc(C3=CCC(C#N)(C(=O)O)C=C3)c2)cc1F. The number of quaternary nitrogens is 1. The maximum atomic E-state index is 14.1. The molecule has 6 nitrogen and oxygen atoms in total. The van der Waals surface area contributed by atoms with Crippen LogP contribution < -0.4 is 4.74 Å². The van der Waals surface area contributed by atoms with Crippen LogP contribution in [0.25, 0.3) is 5.57 Å². The van der Waals surface area contributed by atoms with Crippen LogP contribution in [-0.4, -0.2) is 60.6 Å².